The van der Waals surface area contributed by atoms with Crippen LogP contribution in [0, 0.1) is 17.2 Å². The fraction of sp³-hybridized carbons (Fsp3) is 0.800. The summed E-state index contributed by atoms with van der Waals surface area (Å²) in [6.07, 6.45) is 7.57. The molecule has 0 amide bonds. The Bertz CT molecular complexity index is 497. The van der Waals surface area contributed by atoms with Crippen molar-refractivity contribution in [2.45, 2.75) is 63.4 Å². The molecule has 2 fully saturated rings. The van der Waals surface area contributed by atoms with Crippen molar-refractivity contribution in [2.75, 3.05) is 6.61 Å². The molecule has 0 aliphatic heterocycles. The van der Waals surface area contributed by atoms with E-state index >= 15 is 0 Å². The molecule has 0 N–H and O–H groups in total. The van der Waals surface area contributed by atoms with Crippen LogP contribution in [0.3, 0.4) is 0 Å². The van der Waals surface area contributed by atoms with Gasteiger partial charge in [0, 0.05) is 6.61 Å². The lowest BCUT2D eigenvalue weighted by Crippen LogP contribution is -2.30. The van der Waals surface area contributed by atoms with Gasteiger partial charge in [-0.25, -0.2) is 0 Å². The van der Waals surface area contributed by atoms with Gasteiger partial charge in [0.2, 0.25) is 11.7 Å². The van der Waals surface area contributed by atoms with Crippen LogP contribution in [0.4, 0.5) is 0 Å². The molecule has 20 heavy (non-hydrogen) atoms. The van der Waals surface area contributed by atoms with Crippen molar-refractivity contribution in [3.8, 4) is 6.07 Å². The largest absolute Gasteiger partial charge is 0.367 e. The standard InChI is InChI=1S/C15H21N3O2/c1-2-19-15(7-5-3-4-6-8-15)14-17-13(20-18-14)12-9-11(12)10-16/h11-12H,2-9H2,1H3. The van der Waals surface area contributed by atoms with E-state index in [1.54, 1.807) is 0 Å². The zero-order valence-corrected chi connectivity index (χ0v) is 12.0. The quantitative estimate of drug-likeness (QED) is 0.788. The Kier molecular flexibility index (Phi) is 3.75. The van der Waals surface area contributed by atoms with Gasteiger partial charge in [0.25, 0.3) is 0 Å². The van der Waals surface area contributed by atoms with Crippen LogP contribution < -0.4 is 0 Å². The molecule has 0 radical (unpaired) electrons. The highest BCUT2D eigenvalue weighted by Gasteiger charge is 2.45. The fourth-order valence-electron chi connectivity index (χ4n) is 3.19. The van der Waals surface area contributed by atoms with Gasteiger partial charge < -0.3 is 9.26 Å². The van der Waals surface area contributed by atoms with Crippen LogP contribution in [-0.2, 0) is 10.3 Å². The van der Waals surface area contributed by atoms with Crippen LogP contribution in [0.5, 0.6) is 0 Å². The van der Waals surface area contributed by atoms with Gasteiger partial charge in [-0.2, -0.15) is 10.2 Å². The van der Waals surface area contributed by atoms with Crippen LogP contribution in [0.25, 0.3) is 0 Å². The van der Waals surface area contributed by atoms with Gasteiger partial charge in [0.15, 0.2) is 0 Å². The zero-order valence-electron chi connectivity index (χ0n) is 12.0. The van der Waals surface area contributed by atoms with E-state index in [1.807, 2.05) is 6.92 Å². The average molecular weight is 275 g/mol. The van der Waals surface area contributed by atoms with Crippen molar-refractivity contribution in [3.05, 3.63) is 11.7 Å². The Hall–Kier alpha value is -1.41. The fourth-order valence-corrected chi connectivity index (χ4v) is 3.19. The highest BCUT2D eigenvalue weighted by molar-refractivity contribution is 5.16. The summed E-state index contributed by atoms with van der Waals surface area (Å²) in [6, 6.07) is 2.26. The first-order chi connectivity index (χ1) is 9.79. The van der Waals surface area contributed by atoms with E-state index < -0.39 is 0 Å². The van der Waals surface area contributed by atoms with E-state index in [1.165, 1.54) is 12.8 Å². The van der Waals surface area contributed by atoms with Crippen LogP contribution in [0.1, 0.15) is 69.5 Å². The topological polar surface area (TPSA) is 71.9 Å². The predicted molar refractivity (Wildman–Crippen MR) is 71.8 cm³/mol. The summed E-state index contributed by atoms with van der Waals surface area (Å²) >= 11 is 0. The van der Waals surface area contributed by atoms with Crippen LogP contribution in [0.15, 0.2) is 4.52 Å². The predicted octanol–water partition coefficient (Wildman–Crippen LogP) is 3.28. The minimum atomic E-state index is -0.371. The van der Waals surface area contributed by atoms with Crippen molar-refractivity contribution in [1.82, 2.24) is 10.1 Å². The van der Waals surface area contributed by atoms with Gasteiger partial charge in [0.05, 0.1) is 17.9 Å². The molecule has 5 heteroatoms. The molecule has 2 aliphatic carbocycles. The molecule has 2 atom stereocenters. The maximum atomic E-state index is 8.90. The van der Waals surface area contributed by atoms with E-state index in [9.17, 15) is 0 Å². The summed E-state index contributed by atoms with van der Waals surface area (Å²) < 4.78 is 11.4. The monoisotopic (exact) mass is 275 g/mol. The lowest BCUT2D eigenvalue weighted by atomic mass is 9.93. The smallest absolute Gasteiger partial charge is 0.231 e. The molecule has 1 heterocycles. The molecule has 5 nitrogen and oxygen atoms in total. The summed E-state index contributed by atoms with van der Waals surface area (Å²) in [4.78, 5) is 4.57. The van der Waals surface area contributed by atoms with E-state index in [2.05, 4.69) is 16.2 Å². The lowest BCUT2D eigenvalue weighted by molar-refractivity contribution is -0.0636. The SMILES string of the molecule is CCOC1(c2noc(C3CC3C#N)n2)CCCCCC1. The van der Waals surface area contributed by atoms with Crippen LogP contribution >= 0.6 is 0 Å². The van der Waals surface area contributed by atoms with Gasteiger partial charge >= 0.3 is 0 Å². The Labute approximate surface area is 119 Å². The molecule has 2 unspecified atom stereocenters. The van der Waals surface area contributed by atoms with Crippen LogP contribution in [0.2, 0.25) is 0 Å². The number of hydrogen-bond donors (Lipinski definition) is 0. The molecular weight excluding hydrogens is 254 g/mol. The van der Waals surface area contributed by atoms with E-state index in [0.29, 0.717) is 18.3 Å². The van der Waals surface area contributed by atoms with E-state index in [0.717, 1.165) is 32.1 Å². The Morgan fingerprint density at radius 1 is 1.35 bits per heavy atom. The van der Waals surface area contributed by atoms with Crippen molar-refractivity contribution < 1.29 is 9.26 Å². The molecule has 1 aromatic heterocycles. The van der Waals surface area contributed by atoms with Gasteiger partial charge in [0.1, 0.15) is 5.60 Å². The maximum Gasteiger partial charge on any atom is 0.231 e. The average Bonchev–Trinajstić information content (AvgIpc) is 3.16. The first kappa shape index (κ1) is 13.6. The first-order valence-electron chi connectivity index (χ1n) is 7.67. The second-order valence-corrected chi connectivity index (χ2v) is 5.88. The molecule has 2 aliphatic rings. The number of hydrogen-bond acceptors (Lipinski definition) is 5. The molecule has 1 aromatic rings. The Balaban J connectivity index is 1.82. The summed E-state index contributed by atoms with van der Waals surface area (Å²) in [5.74, 6) is 1.51. The third kappa shape index (κ3) is 2.45. The molecule has 0 aromatic carbocycles. The molecule has 108 valence electrons. The van der Waals surface area contributed by atoms with E-state index in [-0.39, 0.29) is 17.4 Å². The van der Waals surface area contributed by atoms with Gasteiger partial charge in [-0.1, -0.05) is 30.8 Å². The summed E-state index contributed by atoms with van der Waals surface area (Å²) in [7, 11) is 0. The summed E-state index contributed by atoms with van der Waals surface area (Å²) in [6.45, 7) is 2.67. The lowest BCUT2D eigenvalue weighted by Gasteiger charge is -2.29. The number of aromatic nitrogens is 2. The van der Waals surface area contributed by atoms with E-state index in [4.69, 9.17) is 14.5 Å². The molecule has 2 saturated carbocycles. The van der Waals surface area contributed by atoms with Gasteiger partial charge in [-0.15, -0.1) is 0 Å². The number of nitrogens with zero attached hydrogens (tertiary/aromatic N) is 3. The number of rotatable bonds is 4. The Morgan fingerprint density at radius 3 is 2.70 bits per heavy atom. The molecule has 0 bridgehead atoms. The van der Waals surface area contributed by atoms with Crippen molar-refractivity contribution in [3.63, 3.8) is 0 Å². The minimum Gasteiger partial charge on any atom is -0.367 e. The van der Waals surface area contributed by atoms with Crippen molar-refractivity contribution in [1.29, 1.82) is 5.26 Å². The zero-order chi connectivity index (χ0) is 14.0. The number of nitriles is 1. The highest BCUT2D eigenvalue weighted by Crippen LogP contribution is 2.47. The molecule has 0 saturated heterocycles. The second kappa shape index (κ2) is 5.53. The number of ether oxygens (including phenoxy) is 1. The van der Waals surface area contributed by atoms with Crippen LogP contribution in [-0.4, -0.2) is 16.7 Å². The minimum absolute atomic E-state index is 0.0560. The molecule has 0 spiro atoms. The van der Waals surface area contributed by atoms with Gasteiger partial charge in [-0.05, 0) is 26.2 Å². The maximum absolute atomic E-state index is 8.90. The summed E-state index contributed by atoms with van der Waals surface area (Å²) in [5.41, 5.74) is -0.371. The second-order valence-electron chi connectivity index (χ2n) is 5.88. The van der Waals surface area contributed by atoms with Crippen molar-refractivity contribution >= 4 is 0 Å². The van der Waals surface area contributed by atoms with Gasteiger partial charge in [-0.3, -0.25) is 0 Å². The third-order valence-electron chi connectivity index (χ3n) is 4.45. The third-order valence-corrected chi connectivity index (χ3v) is 4.45. The molecular formula is C15H21N3O2. The normalized spacial score (nSPS) is 28.6. The summed E-state index contributed by atoms with van der Waals surface area (Å²) in [5, 5.41) is 13.1. The highest BCUT2D eigenvalue weighted by atomic mass is 16.5. The Morgan fingerprint density at radius 2 is 2.10 bits per heavy atom. The first-order valence-corrected chi connectivity index (χ1v) is 7.67. The van der Waals surface area contributed by atoms with Crippen molar-refractivity contribution in [2.24, 2.45) is 5.92 Å². The molecule has 3 rings (SSSR count).